The maximum absolute atomic E-state index is 14.7. The number of ether oxygens (including phenoxy) is 1. The van der Waals surface area contributed by atoms with E-state index in [1.54, 1.807) is 11.5 Å². The van der Waals surface area contributed by atoms with Crippen LogP contribution in [0.15, 0.2) is 42.5 Å². The van der Waals surface area contributed by atoms with Crippen molar-refractivity contribution in [1.29, 1.82) is 0 Å². The van der Waals surface area contributed by atoms with E-state index in [2.05, 4.69) is 17.0 Å². The highest BCUT2D eigenvalue weighted by Gasteiger charge is 2.32. The lowest BCUT2D eigenvalue weighted by Crippen LogP contribution is -2.48. The van der Waals surface area contributed by atoms with E-state index < -0.39 is 5.91 Å². The van der Waals surface area contributed by atoms with Crippen molar-refractivity contribution in [2.75, 3.05) is 19.8 Å². The molecule has 142 valence electrons. The minimum atomic E-state index is -0.693. The van der Waals surface area contributed by atoms with Crippen LogP contribution in [0.3, 0.4) is 0 Å². The zero-order chi connectivity index (χ0) is 18.8. The Labute approximate surface area is 157 Å². The van der Waals surface area contributed by atoms with Gasteiger partial charge in [-0.1, -0.05) is 30.3 Å². The molecule has 0 saturated carbocycles. The number of hydroxylamine groups is 1. The van der Waals surface area contributed by atoms with Crippen molar-refractivity contribution in [2.45, 2.75) is 25.4 Å². The molecule has 2 aliphatic heterocycles. The highest BCUT2D eigenvalue weighted by Crippen LogP contribution is 2.30. The number of hydrogen-bond donors (Lipinski definition) is 2. The van der Waals surface area contributed by atoms with Gasteiger partial charge in [0, 0.05) is 30.6 Å². The van der Waals surface area contributed by atoms with Crippen molar-refractivity contribution in [3.63, 3.8) is 0 Å². The molecular formula is C21H23FN2O3. The fourth-order valence-electron chi connectivity index (χ4n) is 3.99. The Hall–Kier alpha value is -2.28. The van der Waals surface area contributed by atoms with Crippen LogP contribution in [0.5, 0.6) is 0 Å². The van der Waals surface area contributed by atoms with Gasteiger partial charge in [0.2, 0.25) is 0 Å². The first-order valence-electron chi connectivity index (χ1n) is 9.25. The van der Waals surface area contributed by atoms with Crippen LogP contribution in [-0.4, -0.2) is 41.8 Å². The van der Waals surface area contributed by atoms with E-state index in [9.17, 15) is 9.18 Å². The SMILES string of the molecule is O=C(NO)c1cc(F)c2c(c1)CN(CC1COC1)[C@H](Cc1ccccc1)C2. The van der Waals surface area contributed by atoms with Gasteiger partial charge in [-0.05, 0) is 41.7 Å². The van der Waals surface area contributed by atoms with E-state index >= 15 is 0 Å². The number of amides is 1. The summed E-state index contributed by atoms with van der Waals surface area (Å²) in [5.41, 5.74) is 4.45. The van der Waals surface area contributed by atoms with Crippen LogP contribution in [0.25, 0.3) is 0 Å². The van der Waals surface area contributed by atoms with Gasteiger partial charge in [0.05, 0.1) is 13.2 Å². The predicted octanol–water partition coefficient (Wildman–Crippen LogP) is 2.56. The van der Waals surface area contributed by atoms with Gasteiger partial charge < -0.3 is 4.74 Å². The van der Waals surface area contributed by atoms with E-state index in [0.29, 0.717) is 24.4 Å². The Morgan fingerprint density at radius 1 is 1.26 bits per heavy atom. The second-order valence-electron chi connectivity index (χ2n) is 7.42. The maximum Gasteiger partial charge on any atom is 0.274 e. The number of hydrogen-bond acceptors (Lipinski definition) is 4. The second kappa shape index (κ2) is 7.76. The Balaban J connectivity index is 1.62. The molecule has 2 aromatic carbocycles. The van der Waals surface area contributed by atoms with Gasteiger partial charge in [-0.15, -0.1) is 0 Å². The lowest BCUT2D eigenvalue weighted by Gasteiger charge is -2.41. The van der Waals surface area contributed by atoms with Crippen LogP contribution in [-0.2, 0) is 24.1 Å². The molecule has 4 rings (SSSR count). The van der Waals surface area contributed by atoms with Gasteiger partial charge >= 0.3 is 0 Å². The molecule has 1 saturated heterocycles. The highest BCUT2D eigenvalue weighted by atomic mass is 19.1. The summed E-state index contributed by atoms with van der Waals surface area (Å²) in [4.78, 5) is 14.1. The number of rotatable bonds is 5. The van der Waals surface area contributed by atoms with E-state index in [1.165, 1.54) is 11.6 Å². The first-order valence-corrected chi connectivity index (χ1v) is 9.25. The fourth-order valence-corrected chi connectivity index (χ4v) is 3.99. The van der Waals surface area contributed by atoms with Crippen LogP contribution < -0.4 is 5.48 Å². The lowest BCUT2D eigenvalue weighted by atomic mass is 9.88. The van der Waals surface area contributed by atoms with E-state index in [4.69, 9.17) is 9.94 Å². The molecule has 0 radical (unpaired) electrons. The van der Waals surface area contributed by atoms with Crippen molar-refractivity contribution in [2.24, 2.45) is 5.92 Å². The maximum atomic E-state index is 14.7. The Kier molecular flexibility index (Phi) is 5.20. The van der Waals surface area contributed by atoms with E-state index in [-0.39, 0.29) is 17.4 Å². The van der Waals surface area contributed by atoms with Gasteiger partial charge in [-0.3, -0.25) is 14.9 Å². The monoisotopic (exact) mass is 370 g/mol. The standard InChI is InChI=1S/C21H23FN2O3/c22-20-8-16(21(25)23-26)7-17-11-24(10-15-12-27-13-15)18(9-19(17)20)6-14-4-2-1-3-5-14/h1-5,7-8,15,18,26H,6,9-13H2,(H,23,25)/t18-/m1/s1. The van der Waals surface area contributed by atoms with Crippen molar-refractivity contribution >= 4 is 5.91 Å². The largest absolute Gasteiger partial charge is 0.381 e. The van der Waals surface area contributed by atoms with Crippen LogP contribution in [0, 0.1) is 11.7 Å². The number of carbonyl (C=O) groups excluding carboxylic acids is 1. The minimum Gasteiger partial charge on any atom is -0.381 e. The summed E-state index contributed by atoms with van der Waals surface area (Å²) in [5, 5.41) is 8.85. The van der Waals surface area contributed by atoms with Gasteiger partial charge in [0.1, 0.15) is 5.82 Å². The van der Waals surface area contributed by atoms with Crippen molar-refractivity contribution < 1.29 is 19.1 Å². The molecule has 0 aromatic heterocycles. The van der Waals surface area contributed by atoms with Crippen molar-refractivity contribution in [3.05, 3.63) is 70.5 Å². The summed E-state index contributed by atoms with van der Waals surface area (Å²) >= 11 is 0. The molecule has 1 fully saturated rings. The fraction of sp³-hybridized carbons (Fsp3) is 0.381. The summed E-state index contributed by atoms with van der Waals surface area (Å²) in [7, 11) is 0. The summed E-state index contributed by atoms with van der Waals surface area (Å²) in [6, 6.07) is 13.3. The van der Waals surface area contributed by atoms with Crippen LogP contribution in [0.4, 0.5) is 4.39 Å². The molecule has 2 N–H and O–H groups in total. The van der Waals surface area contributed by atoms with Crippen LogP contribution in [0.1, 0.15) is 27.0 Å². The first kappa shape index (κ1) is 18.1. The van der Waals surface area contributed by atoms with Gasteiger partial charge in [-0.25, -0.2) is 9.87 Å². The van der Waals surface area contributed by atoms with Gasteiger partial charge in [0.15, 0.2) is 0 Å². The molecule has 2 aliphatic rings. The number of benzene rings is 2. The zero-order valence-electron chi connectivity index (χ0n) is 15.0. The quantitative estimate of drug-likeness (QED) is 0.627. The highest BCUT2D eigenvalue weighted by molar-refractivity contribution is 5.93. The average Bonchev–Trinajstić information content (AvgIpc) is 2.65. The first-order chi connectivity index (χ1) is 13.1. The van der Waals surface area contributed by atoms with E-state index in [1.807, 2.05) is 18.2 Å². The molecule has 0 spiro atoms. The van der Waals surface area contributed by atoms with Crippen LogP contribution >= 0.6 is 0 Å². The van der Waals surface area contributed by atoms with E-state index in [0.717, 1.165) is 31.7 Å². The molecule has 6 heteroatoms. The zero-order valence-corrected chi connectivity index (χ0v) is 15.0. The second-order valence-corrected chi connectivity index (χ2v) is 7.42. The number of carbonyl (C=O) groups is 1. The number of nitrogens with zero attached hydrogens (tertiary/aromatic N) is 1. The van der Waals surface area contributed by atoms with Crippen LogP contribution in [0.2, 0.25) is 0 Å². The van der Waals surface area contributed by atoms with Gasteiger partial charge in [0.25, 0.3) is 5.91 Å². The van der Waals surface area contributed by atoms with Gasteiger partial charge in [-0.2, -0.15) is 0 Å². The third-order valence-electron chi connectivity index (χ3n) is 5.50. The molecule has 0 bridgehead atoms. The third kappa shape index (κ3) is 3.88. The summed E-state index contributed by atoms with van der Waals surface area (Å²) in [6.07, 6.45) is 1.46. The number of nitrogens with one attached hydrogen (secondary N) is 1. The molecule has 1 atom stereocenters. The Morgan fingerprint density at radius 2 is 2.04 bits per heavy atom. The molecule has 0 aliphatic carbocycles. The normalized spacial score (nSPS) is 20.0. The van der Waals surface area contributed by atoms with Crippen molar-refractivity contribution in [3.8, 4) is 0 Å². The molecule has 5 nitrogen and oxygen atoms in total. The molecule has 0 unspecified atom stereocenters. The third-order valence-corrected chi connectivity index (χ3v) is 5.50. The topological polar surface area (TPSA) is 61.8 Å². The molecule has 27 heavy (non-hydrogen) atoms. The summed E-state index contributed by atoms with van der Waals surface area (Å²) in [5.74, 6) is -0.573. The number of fused-ring (bicyclic) bond motifs is 1. The van der Waals surface area contributed by atoms with Crippen molar-refractivity contribution in [1.82, 2.24) is 10.4 Å². The summed E-state index contributed by atoms with van der Waals surface area (Å²) < 4.78 is 20.0. The number of halogens is 1. The average molecular weight is 370 g/mol. The minimum absolute atomic E-state index is 0.141. The Morgan fingerprint density at radius 3 is 2.70 bits per heavy atom. The summed E-state index contributed by atoms with van der Waals surface area (Å²) in [6.45, 7) is 3.02. The molecule has 2 heterocycles. The smallest absolute Gasteiger partial charge is 0.274 e. The molecular weight excluding hydrogens is 347 g/mol. The predicted molar refractivity (Wildman–Crippen MR) is 98.0 cm³/mol. The Bertz CT molecular complexity index is 824. The molecule has 1 amide bonds. The lowest BCUT2D eigenvalue weighted by molar-refractivity contribution is -0.0541. The molecule has 2 aromatic rings.